The topological polar surface area (TPSA) is 35.2 Å². The molecule has 0 bridgehead atoms. The Balaban J connectivity index is 2.34. The molecule has 0 fully saturated rings. The largest absolute Gasteiger partial charge is 0.494 e. The molecule has 2 aromatic rings. The van der Waals surface area contributed by atoms with E-state index >= 15 is 0 Å². The molecule has 0 saturated carbocycles. The Morgan fingerprint density at radius 1 is 1.00 bits per heavy atom. The van der Waals surface area contributed by atoms with E-state index in [-0.39, 0.29) is 0 Å². The highest BCUT2D eigenvalue weighted by molar-refractivity contribution is 5.67. The number of aryl methyl sites for hydroxylation is 1. The smallest absolute Gasteiger partial charge is 0.122 e. The Morgan fingerprint density at radius 3 is 2.24 bits per heavy atom. The summed E-state index contributed by atoms with van der Waals surface area (Å²) in [5.74, 6) is 0.951. The fraction of sp³-hybridized carbons (Fsp3) is 0.200. The van der Waals surface area contributed by atoms with Crippen LogP contribution in [0.5, 0.6) is 5.75 Å². The van der Waals surface area contributed by atoms with E-state index in [2.05, 4.69) is 19.1 Å². The molecule has 2 aromatic carbocycles. The van der Waals surface area contributed by atoms with Gasteiger partial charge in [-0.15, -0.1) is 0 Å². The van der Waals surface area contributed by atoms with E-state index in [4.69, 9.17) is 10.5 Å². The molecule has 88 valence electrons. The predicted molar refractivity (Wildman–Crippen MR) is 72.2 cm³/mol. The van der Waals surface area contributed by atoms with Crippen LogP contribution in [0.25, 0.3) is 11.1 Å². The Bertz CT molecular complexity index is 503. The Hall–Kier alpha value is -1.96. The maximum absolute atomic E-state index is 5.68. The highest BCUT2D eigenvalue weighted by atomic mass is 16.5. The zero-order valence-corrected chi connectivity index (χ0v) is 10.2. The van der Waals surface area contributed by atoms with Gasteiger partial charge >= 0.3 is 0 Å². The molecule has 2 N–H and O–H groups in total. The molecule has 0 unspecified atom stereocenters. The zero-order chi connectivity index (χ0) is 12.3. The SMILES string of the molecule is CCOc1ccc(-c2ccc(N)cc2)cc1C. The van der Waals surface area contributed by atoms with E-state index < -0.39 is 0 Å². The highest BCUT2D eigenvalue weighted by Crippen LogP contribution is 2.26. The van der Waals surface area contributed by atoms with Crippen molar-refractivity contribution >= 4 is 5.69 Å². The molecule has 0 aliphatic heterocycles. The van der Waals surface area contributed by atoms with Crippen LogP contribution in [0.3, 0.4) is 0 Å². The summed E-state index contributed by atoms with van der Waals surface area (Å²) in [4.78, 5) is 0. The van der Waals surface area contributed by atoms with Crippen LogP contribution in [0.4, 0.5) is 5.69 Å². The average molecular weight is 227 g/mol. The van der Waals surface area contributed by atoms with Gasteiger partial charge in [0.05, 0.1) is 6.61 Å². The minimum Gasteiger partial charge on any atom is -0.494 e. The van der Waals surface area contributed by atoms with Crippen LogP contribution in [0.15, 0.2) is 42.5 Å². The van der Waals surface area contributed by atoms with Gasteiger partial charge in [0, 0.05) is 5.69 Å². The summed E-state index contributed by atoms with van der Waals surface area (Å²) in [5.41, 5.74) is 9.98. The summed E-state index contributed by atoms with van der Waals surface area (Å²) in [6, 6.07) is 14.1. The van der Waals surface area contributed by atoms with Gasteiger partial charge in [0.1, 0.15) is 5.75 Å². The summed E-state index contributed by atoms with van der Waals surface area (Å²) in [6.45, 7) is 4.75. The molecule has 0 heterocycles. The lowest BCUT2D eigenvalue weighted by atomic mass is 10.0. The van der Waals surface area contributed by atoms with E-state index in [0.717, 1.165) is 17.0 Å². The summed E-state index contributed by atoms with van der Waals surface area (Å²) in [5, 5.41) is 0. The van der Waals surface area contributed by atoms with Gasteiger partial charge in [0.15, 0.2) is 0 Å². The van der Waals surface area contributed by atoms with Crippen molar-refractivity contribution in [3.8, 4) is 16.9 Å². The number of rotatable bonds is 3. The fourth-order valence-corrected chi connectivity index (χ4v) is 1.82. The first kappa shape index (κ1) is 11.5. The maximum atomic E-state index is 5.68. The van der Waals surface area contributed by atoms with Gasteiger partial charge in [-0.3, -0.25) is 0 Å². The Morgan fingerprint density at radius 2 is 1.65 bits per heavy atom. The molecule has 0 saturated heterocycles. The Labute approximate surface area is 102 Å². The lowest BCUT2D eigenvalue weighted by molar-refractivity contribution is 0.338. The molecular formula is C15H17NO. The third-order valence-corrected chi connectivity index (χ3v) is 2.72. The number of hydrogen-bond acceptors (Lipinski definition) is 2. The molecule has 2 heteroatoms. The Kier molecular flexibility index (Phi) is 3.33. The van der Waals surface area contributed by atoms with Crippen molar-refractivity contribution in [2.45, 2.75) is 13.8 Å². The van der Waals surface area contributed by atoms with Gasteiger partial charge in [-0.2, -0.15) is 0 Å². The first-order valence-corrected chi connectivity index (χ1v) is 5.80. The van der Waals surface area contributed by atoms with Crippen LogP contribution in [0.1, 0.15) is 12.5 Å². The number of nitrogen functional groups attached to an aromatic ring is 1. The first-order valence-electron chi connectivity index (χ1n) is 5.80. The van der Waals surface area contributed by atoms with Gasteiger partial charge in [-0.05, 0) is 54.8 Å². The molecule has 0 aliphatic rings. The van der Waals surface area contributed by atoms with Crippen LogP contribution >= 0.6 is 0 Å². The second kappa shape index (κ2) is 4.91. The van der Waals surface area contributed by atoms with Crippen LogP contribution in [-0.4, -0.2) is 6.61 Å². The molecule has 0 aromatic heterocycles. The number of ether oxygens (including phenoxy) is 1. The third kappa shape index (κ3) is 2.59. The molecule has 2 rings (SSSR count). The van der Waals surface area contributed by atoms with Gasteiger partial charge in [0.25, 0.3) is 0 Å². The first-order chi connectivity index (χ1) is 8.20. The zero-order valence-electron chi connectivity index (χ0n) is 10.2. The molecule has 2 nitrogen and oxygen atoms in total. The number of nitrogens with two attached hydrogens (primary N) is 1. The fourth-order valence-electron chi connectivity index (χ4n) is 1.82. The minimum absolute atomic E-state index is 0.696. The lowest BCUT2D eigenvalue weighted by Crippen LogP contribution is -1.94. The molecule has 0 radical (unpaired) electrons. The second-order valence-electron chi connectivity index (χ2n) is 4.04. The summed E-state index contributed by atoms with van der Waals surface area (Å²) >= 11 is 0. The number of anilines is 1. The van der Waals surface area contributed by atoms with E-state index in [1.807, 2.05) is 37.3 Å². The van der Waals surface area contributed by atoms with E-state index in [1.165, 1.54) is 11.1 Å². The van der Waals surface area contributed by atoms with Crippen molar-refractivity contribution in [2.24, 2.45) is 0 Å². The summed E-state index contributed by atoms with van der Waals surface area (Å²) in [6.07, 6.45) is 0. The standard InChI is InChI=1S/C15H17NO/c1-3-17-15-9-6-13(10-11(15)2)12-4-7-14(16)8-5-12/h4-10H,3,16H2,1-2H3. The van der Waals surface area contributed by atoms with Crippen LogP contribution < -0.4 is 10.5 Å². The van der Waals surface area contributed by atoms with E-state index in [9.17, 15) is 0 Å². The predicted octanol–water partition coefficient (Wildman–Crippen LogP) is 3.64. The third-order valence-electron chi connectivity index (χ3n) is 2.72. The minimum atomic E-state index is 0.696. The van der Waals surface area contributed by atoms with Crippen molar-refractivity contribution in [3.05, 3.63) is 48.0 Å². The van der Waals surface area contributed by atoms with Gasteiger partial charge in [-0.1, -0.05) is 18.2 Å². The normalized spacial score (nSPS) is 10.2. The lowest BCUT2D eigenvalue weighted by Gasteiger charge is -2.09. The van der Waals surface area contributed by atoms with Crippen molar-refractivity contribution in [1.82, 2.24) is 0 Å². The molecule has 0 spiro atoms. The summed E-state index contributed by atoms with van der Waals surface area (Å²) in [7, 11) is 0. The molecule has 0 atom stereocenters. The van der Waals surface area contributed by atoms with Crippen molar-refractivity contribution < 1.29 is 4.74 Å². The maximum Gasteiger partial charge on any atom is 0.122 e. The van der Waals surface area contributed by atoms with Crippen molar-refractivity contribution in [2.75, 3.05) is 12.3 Å². The molecule has 0 aliphatic carbocycles. The van der Waals surface area contributed by atoms with Crippen molar-refractivity contribution in [3.63, 3.8) is 0 Å². The van der Waals surface area contributed by atoms with Gasteiger partial charge < -0.3 is 10.5 Å². The monoisotopic (exact) mass is 227 g/mol. The van der Waals surface area contributed by atoms with Crippen LogP contribution in [-0.2, 0) is 0 Å². The quantitative estimate of drug-likeness (QED) is 0.812. The van der Waals surface area contributed by atoms with Gasteiger partial charge in [0.2, 0.25) is 0 Å². The molecule has 17 heavy (non-hydrogen) atoms. The number of hydrogen-bond donors (Lipinski definition) is 1. The van der Waals surface area contributed by atoms with Crippen molar-refractivity contribution in [1.29, 1.82) is 0 Å². The average Bonchev–Trinajstić information content (AvgIpc) is 2.33. The second-order valence-corrected chi connectivity index (χ2v) is 4.04. The number of benzene rings is 2. The van der Waals surface area contributed by atoms with Gasteiger partial charge in [-0.25, -0.2) is 0 Å². The summed E-state index contributed by atoms with van der Waals surface area (Å²) < 4.78 is 5.53. The molecule has 0 amide bonds. The van der Waals surface area contributed by atoms with Crippen LogP contribution in [0, 0.1) is 6.92 Å². The van der Waals surface area contributed by atoms with Crippen LogP contribution in [0.2, 0.25) is 0 Å². The highest BCUT2D eigenvalue weighted by Gasteiger charge is 2.02. The molecular weight excluding hydrogens is 210 g/mol. The van der Waals surface area contributed by atoms with E-state index in [1.54, 1.807) is 0 Å². The van der Waals surface area contributed by atoms with E-state index in [0.29, 0.717) is 6.61 Å².